The van der Waals surface area contributed by atoms with Crippen molar-refractivity contribution in [2.24, 2.45) is 0 Å². The number of thiocarbonyl (C=S) groups is 1. The van der Waals surface area contributed by atoms with Gasteiger partial charge in [0.15, 0.2) is 5.11 Å². The van der Waals surface area contributed by atoms with Crippen LogP contribution in [-0.4, -0.2) is 17.6 Å². The second-order valence-corrected chi connectivity index (χ2v) is 5.93. The largest absolute Gasteiger partial charge is 0.494 e. The molecule has 2 aromatic carbocycles. The molecule has 2 aromatic rings. The van der Waals surface area contributed by atoms with Gasteiger partial charge in [-0.2, -0.15) is 0 Å². The van der Waals surface area contributed by atoms with Crippen LogP contribution in [0.15, 0.2) is 42.5 Å². The number of amides is 1. The van der Waals surface area contributed by atoms with Crippen molar-refractivity contribution in [3.8, 4) is 5.75 Å². The van der Waals surface area contributed by atoms with Gasteiger partial charge in [0.05, 0.1) is 6.61 Å². The molecular formula is C16H15Cl2N3O2S. The summed E-state index contributed by atoms with van der Waals surface area (Å²) in [5.74, 6) is 0.378. The van der Waals surface area contributed by atoms with Gasteiger partial charge < -0.3 is 10.1 Å². The van der Waals surface area contributed by atoms with E-state index >= 15 is 0 Å². The predicted octanol–water partition coefficient (Wildman–Crippen LogP) is 4.02. The zero-order valence-electron chi connectivity index (χ0n) is 12.7. The fourth-order valence-electron chi connectivity index (χ4n) is 1.84. The molecule has 126 valence electrons. The Morgan fingerprint density at radius 1 is 1.08 bits per heavy atom. The average Bonchev–Trinajstić information content (AvgIpc) is 2.52. The lowest BCUT2D eigenvalue weighted by atomic mass is 10.2. The highest BCUT2D eigenvalue weighted by Crippen LogP contribution is 2.22. The lowest BCUT2D eigenvalue weighted by Crippen LogP contribution is -2.43. The predicted molar refractivity (Wildman–Crippen MR) is 101 cm³/mol. The third-order valence-corrected chi connectivity index (χ3v) is 3.48. The van der Waals surface area contributed by atoms with E-state index in [1.165, 1.54) is 0 Å². The molecule has 1 amide bonds. The summed E-state index contributed by atoms with van der Waals surface area (Å²) in [6.07, 6.45) is 0. The standard InChI is InChI=1S/C16H15Cl2N3O2S/c1-2-23-14-5-3-10(4-6-14)15(22)20-21-16(24)19-13-8-11(17)7-12(18)9-13/h3-9H,2H2,1H3,(H,20,22)(H2,19,21,24). The Morgan fingerprint density at radius 3 is 2.29 bits per heavy atom. The first-order valence-corrected chi connectivity index (χ1v) is 8.20. The van der Waals surface area contributed by atoms with E-state index < -0.39 is 0 Å². The van der Waals surface area contributed by atoms with Gasteiger partial charge in [-0.15, -0.1) is 0 Å². The lowest BCUT2D eigenvalue weighted by Gasteiger charge is -2.12. The van der Waals surface area contributed by atoms with Crippen LogP contribution in [-0.2, 0) is 0 Å². The van der Waals surface area contributed by atoms with Crippen LogP contribution < -0.4 is 20.9 Å². The van der Waals surface area contributed by atoms with Gasteiger partial charge in [-0.1, -0.05) is 23.2 Å². The van der Waals surface area contributed by atoms with Crippen molar-refractivity contribution in [2.75, 3.05) is 11.9 Å². The highest BCUT2D eigenvalue weighted by atomic mass is 35.5. The van der Waals surface area contributed by atoms with Crippen molar-refractivity contribution in [1.82, 2.24) is 10.9 Å². The Morgan fingerprint density at radius 2 is 1.71 bits per heavy atom. The maximum absolute atomic E-state index is 12.0. The van der Waals surface area contributed by atoms with Gasteiger partial charge >= 0.3 is 0 Å². The number of hydrogen-bond donors (Lipinski definition) is 3. The molecule has 0 radical (unpaired) electrons. The van der Waals surface area contributed by atoms with Crippen molar-refractivity contribution >= 4 is 52.1 Å². The van der Waals surface area contributed by atoms with Crippen LogP contribution in [0.25, 0.3) is 0 Å². The lowest BCUT2D eigenvalue weighted by molar-refractivity contribution is 0.0944. The Balaban J connectivity index is 1.87. The summed E-state index contributed by atoms with van der Waals surface area (Å²) >= 11 is 16.9. The molecule has 0 saturated carbocycles. The van der Waals surface area contributed by atoms with Crippen molar-refractivity contribution in [3.63, 3.8) is 0 Å². The molecule has 0 heterocycles. The number of rotatable bonds is 4. The molecule has 0 aliphatic carbocycles. The molecule has 0 saturated heterocycles. The van der Waals surface area contributed by atoms with Crippen molar-refractivity contribution in [3.05, 3.63) is 58.1 Å². The quantitative estimate of drug-likeness (QED) is 0.549. The fraction of sp³-hybridized carbons (Fsp3) is 0.125. The van der Waals surface area contributed by atoms with E-state index in [1.54, 1.807) is 42.5 Å². The zero-order valence-corrected chi connectivity index (χ0v) is 15.1. The summed E-state index contributed by atoms with van der Waals surface area (Å²) in [5, 5.41) is 4.03. The first kappa shape index (κ1) is 18.3. The maximum Gasteiger partial charge on any atom is 0.269 e. The van der Waals surface area contributed by atoms with Crippen LogP contribution in [0.2, 0.25) is 10.0 Å². The summed E-state index contributed by atoms with van der Waals surface area (Å²) < 4.78 is 5.32. The highest BCUT2D eigenvalue weighted by Gasteiger charge is 2.07. The van der Waals surface area contributed by atoms with Gasteiger partial charge in [-0.3, -0.25) is 15.6 Å². The molecule has 8 heteroatoms. The molecular weight excluding hydrogens is 369 g/mol. The molecule has 0 aliphatic rings. The minimum absolute atomic E-state index is 0.201. The van der Waals surface area contributed by atoms with Crippen LogP contribution in [0.3, 0.4) is 0 Å². The van der Waals surface area contributed by atoms with E-state index in [1.807, 2.05) is 6.92 Å². The minimum Gasteiger partial charge on any atom is -0.494 e. The van der Waals surface area contributed by atoms with E-state index in [4.69, 9.17) is 40.2 Å². The molecule has 2 rings (SSSR count). The van der Waals surface area contributed by atoms with E-state index in [2.05, 4.69) is 16.2 Å². The van der Waals surface area contributed by atoms with E-state index in [9.17, 15) is 4.79 Å². The zero-order chi connectivity index (χ0) is 17.5. The number of benzene rings is 2. The smallest absolute Gasteiger partial charge is 0.269 e. The summed E-state index contributed by atoms with van der Waals surface area (Å²) in [5.41, 5.74) is 6.19. The topological polar surface area (TPSA) is 62.4 Å². The van der Waals surface area contributed by atoms with E-state index in [-0.39, 0.29) is 11.0 Å². The van der Waals surface area contributed by atoms with Crippen molar-refractivity contribution < 1.29 is 9.53 Å². The summed E-state index contributed by atoms with van der Waals surface area (Å²) in [6, 6.07) is 11.7. The Bertz CT molecular complexity index is 718. The van der Waals surface area contributed by atoms with Gasteiger partial charge in [0.1, 0.15) is 5.75 Å². The van der Waals surface area contributed by atoms with Gasteiger partial charge in [0.25, 0.3) is 5.91 Å². The second kappa shape index (κ2) is 8.73. The van der Waals surface area contributed by atoms with Crippen molar-refractivity contribution in [2.45, 2.75) is 6.92 Å². The normalized spacial score (nSPS) is 9.96. The molecule has 5 nitrogen and oxygen atoms in total. The van der Waals surface area contributed by atoms with Crippen LogP contribution in [0.5, 0.6) is 5.75 Å². The molecule has 0 unspecified atom stereocenters. The molecule has 0 aliphatic heterocycles. The van der Waals surface area contributed by atoms with Crippen LogP contribution >= 0.6 is 35.4 Å². The Labute approximate surface area is 155 Å². The number of ether oxygens (including phenoxy) is 1. The summed E-state index contributed by atoms with van der Waals surface area (Å²) in [7, 11) is 0. The molecule has 0 spiro atoms. The summed E-state index contributed by atoms with van der Waals surface area (Å²) in [4.78, 5) is 12.0. The number of carbonyl (C=O) groups excluding carboxylic acids is 1. The number of carbonyl (C=O) groups is 1. The molecule has 0 fully saturated rings. The molecule has 24 heavy (non-hydrogen) atoms. The highest BCUT2D eigenvalue weighted by molar-refractivity contribution is 7.80. The number of hydrazine groups is 1. The van der Waals surface area contributed by atoms with Gasteiger partial charge in [-0.25, -0.2) is 0 Å². The average molecular weight is 384 g/mol. The second-order valence-electron chi connectivity index (χ2n) is 4.65. The monoisotopic (exact) mass is 383 g/mol. The van der Waals surface area contributed by atoms with Crippen molar-refractivity contribution in [1.29, 1.82) is 0 Å². The number of halogens is 2. The van der Waals surface area contributed by atoms with Crippen LogP contribution in [0.4, 0.5) is 5.69 Å². The number of hydrogen-bond acceptors (Lipinski definition) is 3. The summed E-state index contributed by atoms with van der Waals surface area (Å²) in [6.45, 7) is 2.46. The Hall–Kier alpha value is -2.02. The molecule has 3 N–H and O–H groups in total. The fourth-order valence-corrected chi connectivity index (χ4v) is 2.54. The SMILES string of the molecule is CCOc1ccc(C(=O)NNC(=S)Nc2cc(Cl)cc(Cl)c2)cc1. The maximum atomic E-state index is 12.0. The molecule has 0 aromatic heterocycles. The van der Waals surface area contributed by atoms with Gasteiger partial charge in [-0.05, 0) is 61.6 Å². The number of anilines is 1. The Kier molecular flexibility index (Phi) is 6.66. The van der Waals surface area contributed by atoms with Crippen LogP contribution in [0.1, 0.15) is 17.3 Å². The third-order valence-electron chi connectivity index (χ3n) is 2.84. The molecule has 0 atom stereocenters. The minimum atomic E-state index is -0.327. The van der Waals surface area contributed by atoms with E-state index in [0.29, 0.717) is 33.7 Å². The first-order chi connectivity index (χ1) is 11.5. The third kappa shape index (κ3) is 5.56. The first-order valence-electron chi connectivity index (χ1n) is 7.04. The van der Waals surface area contributed by atoms with Crippen LogP contribution in [0, 0.1) is 0 Å². The van der Waals surface area contributed by atoms with Gasteiger partial charge in [0.2, 0.25) is 0 Å². The number of nitrogens with one attached hydrogen (secondary N) is 3. The van der Waals surface area contributed by atoms with Gasteiger partial charge in [0, 0.05) is 21.3 Å². The molecule has 0 bridgehead atoms. The van der Waals surface area contributed by atoms with E-state index in [0.717, 1.165) is 0 Å².